The van der Waals surface area contributed by atoms with Crippen LogP contribution in [0.25, 0.3) is 0 Å². The molecule has 0 spiro atoms. The highest BCUT2D eigenvalue weighted by molar-refractivity contribution is 5.71. The first-order valence-corrected chi connectivity index (χ1v) is 30.7. The lowest BCUT2D eigenvalue weighted by atomic mass is 10.0. The van der Waals surface area contributed by atoms with Crippen LogP contribution in [0.1, 0.15) is 348 Å². The van der Waals surface area contributed by atoms with Gasteiger partial charge in [0.05, 0.1) is 0 Å². The normalized spacial score (nSPS) is 12.0. The largest absolute Gasteiger partial charge is 0.462 e. The van der Waals surface area contributed by atoms with Gasteiger partial charge in [-0.05, 0) is 38.5 Å². The summed E-state index contributed by atoms with van der Waals surface area (Å²) in [5.74, 6) is -0.878. The fourth-order valence-electron chi connectivity index (χ4n) is 9.37. The third-order valence-corrected chi connectivity index (χ3v) is 14.0. The second-order valence-corrected chi connectivity index (χ2v) is 21.0. The average Bonchev–Trinajstić information content (AvgIpc) is 3.34. The summed E-state index contributed by atoms with van der Waals surface area (Å²) in [5, 5.41) is 0. The Labute approximate surface area is 424 Å². The van der Waals surface area contributed by atoms with E-state index in [-0.39, 0.29) is 31.1 Å². The van der Waals surface area contributed by atoms with E-state index in [1.807, 2.05) is 0 Å². The Morgan fingerprint density at radius 3 is 0.779 bits per heavy atom. The van der Waals surface area contributed by atoms with Gasteiger partial charge in [-0.1, -0.05) is 303 Å². The van der Waals surface area contributed by atoms with Crippen LogP contribution in [0.15, 0.2) is 12.2 Å². The maximum Gasteiger partial charge on any atom is 0.306 e. The smallest absolute Gasteiger partial charge is 0.306 e. The second kappa shape index (κ2) is 57.7. The number of carbonyl (C=O) groups is 3. The van der Waals surface area contributed by atoms with E-state index in [9.17, 15) is 14.4 Å². The number of allylic oxidation sites excluding steroid dienone is 2. The SMILES string of the molecule is CCCC/C=C\CCCCCCCC(=O)OC(COC(=O)CCCCCCC)COC(=O)CCCCCCCCCCCCCCCCCCCCCCCCCCCCCCCCCCCC. The van der Waals surface area contributed by atoms with Crippen molar-refractivity contribution in [2.24, 2.45) is 0 Å². The van der Waals surface area contributed by atoms with E-state index in [2.05, 4.69) is 32.9 Å². The first-order valence-electron chi connectivity index (χ1n) is 30.7. The fourth-order valence-corrected chi connectivity index (χ4v) is 9.37. The molecule has 0 N–H and O–H groups in total. The molecule has 0 saturated carbocycles. The van der Waals surface area contributed by atoms with E-state index in [0.29, 0.717) is 19.3 Å². The van der Waals surface area contributed by atoms with Crippen LogP contribution in [-0.4, -0.2) is 37.2 Å². The number of hydrogen-bond acceptors (Lipinski definition) is 6. The number of unbranched alkanes of at least 4 members (excludes halogenated alkanes) is 44. The molecule has 0 aliphatic heterocycles. The van der Waals surface area contributed by atoms with E-state index < -0.39 is 6.10 Å². The molecule has 0 aliphatic carbocycles. The minimum atomic E-state index is -0.766. The third-order valence-electron chi connectivity index (χ3n) is 14.0. The average molecular weight is 960 g/mol. The first-order chi connectivity index (χ1) is 33.5. The molecule has 0 rings (SSSR count). The van der Waals surface area contributed by atoms with Crippen molar-refractivity contribution < 1.29 is 28.6 Å². The Morgan fingerprint density at radius 1 is 0.279 bits per heavy atom. The number of esters is 3. The molecule has 0 bridgehead atoms. The molecule has 0 fully saturated rings. The van der Waals surface area contributed by atoms with Gasteiger partial charge in [0, 0.05) is 19.3 Å². The van der Waals surface area contributed by atoms with Crippen LogP contribution in [0.3, 0.4) is 0 Å². The van der Waals surface area contributed by atoms with Gasteiger partial charge < -0.3 is 14.2 Å². The molecular weight excluding hydrogens is 841 g/mol. The lowest BCUT2D eigenvalue weighted by Gasteiger charge is -2.18. The monoisotopic (exact) mass is 959 g/mol. The molecule has 0 aliphatic rings. The topological polar surface area (TPSA) is 78.9 Å². The third kappa shape index (κ3) is 55.1. The molecule has 0 aromatic heterocycles. The summed E-state index contributed by atoms with van der Waals surface area (Å²) in [7, 11) is 0. The van der Waals surface area contributed by atoms with Gasteiger partial charge in [0.15, 0.2) is 6.10 Å². The molecule has 1 atom stereocenters. The molecule has 0 aromatic rings. The van der Waals surface area contributed by atoms with Gasteiger partial charge in [-0.15, -0.1) is 0 Å². The summed E-state index contributed by atoms with van der Waals surface area (Å²) in [6.07, 6.45) is 67.3. The lowest BCUT2D eigenvalue weighted by molar-refractivity contribution is -0.167. The molecule has 0 heterocycles. The Kier molecular flexibility index (Phi) is 56.2. The minimum absolute atomic E-state index is 0.0696. The van der Waals surface area contributed by atoms with Crippen molar-refractivity contribution in [1.82, 2.24) is 0 Å². The van der Waals surface area contributed by atoms with Crippen LogP contribution < -0.4 is 0 Å². The summed E-state index contributed by atoms with van der Waals surface area (Å²) < 4.78 is 16.7. The molecule has 0 radical (unpaired) electrons. The zero-order chi connectivity index (χ0) is 49.3. The van der Waals surface area contributed by atoms with Crippen molar-refractivity contribution in [3.63, 3.8) is 0 Å². The highest BCUT2D eigenvalue weighted by atomic mass is 16.6. The van der Waals surface area contributed by atoms with E-state index in [1.54, 1.807) is 0 Å². The van der Waals surface area contributed by atoms with Gasteiger partial charge in [0.1, 0.15) is 13.2 Å². The summed E-state index contributed by atoms with van der Waals surface area (Å²) >= 11 is 0. The summed E-state index contributed by atoms with van der Waals surface area (Å²) in [6.45, 7) is 6.55. The van der Waals surface area contributed by atoms with Gasteiger partial charge >= 0.3 is 17.9 Å². The van der Waals surface area contributed by atoms with Crippen molar-refractivity contribution in [2.75, 3.05) is 13.2 Å². The highest BCUT2D eigenvalue weighted by Crippen LogP contribution is 2.18. The van der Waals surface area contributed by atoms with Crippen LogP contribution in [-0.2, 0) is 28.6 Å². The van der Waals surface area contributed by atoms with Gasteiger partial charge in [0.25, 0.3) is 0 Å². The van der Waals surface area contributed by atoms with Crippen LogP contribution in [0.5, 0.6) is 0 Å². The fraction of sp³-hybridized carbons (Fsp3) is 0.919. The van der Waals surface area contributed by atoms with Gasteiger partial charge in [-0.3, -0.25) is 14.4 Å². The van der Waals surface area contributed by atoms with Crippen LogP contribution in [0, 0.1) is 0 Å². The number of hydrogen-bond donors (Lipinski definition) is 0. The van der Waals surface area contributed by atoms with Crippen molar-refractivity contribution in [1.29, 1.82) is 0 Å². The Bertz CT molecular complexity index is 1060. The zero-order valence-electron chi connectivity index (χ0n) is 46.2. The zero-order valence-corrected chi connectivity index (χ0v) is 46.2. The van der Waals surface area contributed by atoms with Crippen LogP contribution >= 0.6 is 0 Å². The molecule has 1 unspecified atom stereocenters. The van der Waals surface area contributed by atoms with Gasteiger partial charge in [-0.2, -0.15) is 0 Å². The van der Waals surface area contributed by atoms with Crippen molar-refractivity contribution in [2.45, 2.75) is 354 Å². The molecule has 6 nitrogen and oxygen atoms in total. The van der Waals surface area contributed by atoms with E-state index >= 15 is 0 Å². The Hall–Kier alpha value is -1.85. The molecular formula is C62H118O6. The number of carbonyl (C=O) groups excluding carboxylic acids is 3. The molecule has 0 saturated heterocycles. The van der Waals surface area contributed by atoms with Gasteiger partial charge in [0.2, 0.25) is 0 Å². The number of ether oxygens (including phenoxy) is 3. The number of rotatable bonds is 57. The maximum absolute atomic E-state index is 12.7. The van der Waals surface area contributed by atoms with E-state index in [0.717, 1.165) is 70.6 Å². The Morgan fingerprint density at radius 2 is 0.500 bits per heavy atom. The molecule has 0 amide bonds. The van der Waals surface area contributed by atoms with Crippen molar-refractivity contribution in [3.05, 3.63) is 12.2 Å². The summed E-state index contributed by atoms with van der Waals surface area (Å²) in [5.41, 5.74) is 0. The second-order valence-electron chi connectivity index (χ2n) is 21.0. The molecule has 402 valence electrons. The molecule has 68 heavy (non-hydrogen) atoms. The predicted octanol–water partition coefficient (Wildman–Crippen LogP) is 20.5. The Balaban J connectivity index is 3.77. The minimum Gasteiger partial charge on any atom is -0.462 e. The summed E-state index contributed by atoms with van der Waals surface area (Å²) in [4.78, 5) is 37.6. The highest BCUT2D eigenvalue weighted by Gasteiger charge is 2.19. The van der Waals surface area contributed by atoms with Crippen LogP contribution in [0.4, 0.5) is 0 Å². The van der Waals surface area contributed by atoms with Crippen LogP contribution in [0.2, 0.25) is 0 Å². The quantitative estimate of drug-likeness (QED) is 0.0262. The first kappa shape index (κ1) is 66.2. The van der Waals surface area contributed by atoms with Crippen molar-refractivity contribution in [3.8, 4) is 0 Å². The van der Waals surface area contributed by atoms with E-state index in [4.69, 9.17) is 14.2 Å². The maximum atomic E-state index is 12.7. The van der Waals surface area contributed by atoms with E-state index in [1.165, 1.54) is 238 Å². The summed E-state index contributed by atoms with van der Waals surface area (Å²) in [6, 6.07) is 0. The molecule has 6 heteroatoms. The molecule has 0 aromatic carbocycles. The van der Waals surface area contributed by atoms with Gasteiger partial charge in [-0.25, -0.2) is 0 Å². The lowest BCUT2D eigenvalue weighted by Crippen LogP contribution is -2.30. The standard InChI is InChI=1S/C62H118O6/c1-4-7-10-13-15-17-19-20-21-22-23-24-25-26-27-28-29-30-31-32-33-34-35-36-37-38-39-40-41-43-44-46-49-52-55-61(64)67-58-59(57-66-60(63)54-51-48-12-9-6-3)68-62(65)56-53-50-47-45-42-18-16-14-11-8-5-2/h14,16,59H,4-13,15,17-58H2,1-3H3/b16-14-. The van der Waals surface area contributed by atoms with Crippen molar-refractivity contribution >= 4 is 17.9 Å². The predicted molar refractivity (Wildman–Crippen MR) is 293 cm³/mol.